The average Bonchev–Trinajstić information content (AvgIpc) is 3.24. The predicted octanol–water partition coefficient (Wildman–Crippen LogP) is 1.48. The Labute approximate surface area is 159 Å². The predicted molar refractivity (Wildman–Crippen MR) is 91.9 cm³/mol. The minimum absolute atomic E-state index is 0.119. The number of hydrogen-bond donors (Lipinski definition) is 0. The Morgan fingerprint density at radius 2 is 1.89 bits per heavy atom. The van der Waals surface area contributed by atoms with Gasteiger partial charge >= 0.3 is 6.18 Å². The highest BCUT2D eigenvalue weighted by atomic mass is 19.4. The number of rotatable bonds is 4. The molecule has 4 rings (SSSR count). The van der Waals surface area contributed by atoms with Crippen LogP contribution >= 0.6 is 0 Å². The van der Waals surface area contributed by atoms with Gasteiger partial charge in [-0.1, -0.05) is 0 Å². The second-order valence-electron chi connectivity index (χ2n) is 7.19. The zero-order valence-corrected chi connectivity index (χ0v) is 15.4. The van der Waals surface area contributed by atoms with Crippen molar-refractivity contribution in [3.05, 3.63) is 18.0 Å². The van der Waals surface area contributed by atoms with Gasteiger partial charge in [-0.3, -0.25) is 9.69 Å². The topological polar surface area (TPSA) is 75.9 Å². The lowest BCUT2D eigenvalue weighted by Gasteiger charge is -2.34. The van der Waals surface area contributed by atoms with E-state index in [0.29, 0.717) is 31.0 Å². The Balaban J connectivity index is 1.41. The first-order chi connectivity index (χ1) is 13.4. The monoisotopic (exact) mass is 398 g/mol. The Bertz CT molecular complexity index is 862. The summed E-state index contributed by atoms with van der Waals surface area (Å²) < 4.78 is 44.6. The summed E-state index contributed by atoms with van der Waals surface area (Å²) in [5.41, 5.74) is 0.631. The summed E-state index contributed by atoms with van der Waals surface area (Å²) in [4.78, 5) is 15.3. The molecule has 11 heteroatoms. The van der Waals surface area contributed by atoms with E-state index in [1.807, 2.05) is 4.90 Å². The summed E-state index contributed by atoms with van der Waals surface area (Å²) in [7, 11) is 1.54. The second kappa shape index (κ2) is 7.19. The second-order valence-corrected chi connectivity index (χ2v) is 7.19. The van der Waals surface area contributed by atoms with Crippen molar-refractivity contribution < 1.29 is 22.7 Å². The molecule has 1 atom stereocenters. The number of carbonyl (C=O) groups excluding carboxylic acids is 1. The van der Waals surface area contributed by atoms with E-state index in [-0.39, 0.29) is 12.5 Å². The maximum Gasteiger partial charge on any atom is 0.406 e. The van der Waals surface area contributed by atoms with Gasteiger partial charge in [-0.25, -0.2) is 0 Å². The molecule has 0 bridgehead atoms. The first-order valence-corrected chi connectivity index (χ1v) is 9.21. The van der Waals surface area contributed by atoms with Crippen molar-refractivity contribution in [3.63, 3.8) is 0 Å². The molecule has 2 aromatic rings. The van der Waals surface area contributed by atoms with Crippen LogP contribution in [0.3, 0.4) is 0 Å². The summed E-state index contributed by atoms with van der Waals surface area (Å²) in [5.74, 6) is 0.904. The zero-order chi connectivity index (χ0) is 19.9. The summed E-state index contributed by atoms with van der Waals surface area (Å²) in [6.07, 6.45) is -2.45. The van der Waals surface area contributed by atoms with Gasteiger partial charge in [0.15, 0.2) is 11.5 Å². The number of fused-ring (bicyclic) bond motifs is 1. The van der Waals surface area contributed by atoms with Crippen LogP contribution in [0.1, 0.15) is 31.0 Å². The third-order valence-corrected chi connectivity index (χ3v) is 5.45. The van der Waals surface area contributed by atoms with Gasteiger partial charge < -0.3 is 9.64 Å². The smallest absolute Gasteiger partial charge is 0.406 e. The van der Waals surface area contributed by atoms with Crippen LogP contribution in [0.15, 0.2) is 12.1 Å². The number of amides is 1. The molecule has 0 radical (unpaired) electrons. The lowest BCUT2D eigenvalue weighted by Crippen LogP contribution is -2.46. The zero-order valence-electron chi connectivity index (χ0n) is 15.4. The number of halogens is 3. The van der Waals surface area contributed by atoms with Crippen LogP contribution in [0, 0.1) is 0 Å². The molecule has 0 saturated carbocycles. The fourth-order valence-electron chi connectivity index (χ4n) is 4.06. The highest BCUT2D eigenvalue weighted by Gasteiger charge is 2.42. The van der Waals surface area contributed by atoms with Crippen LogP contribution in [0.5, 0.6) is 5.88 Å². The summed E-state index contributed by atoms with van der Waals surface area (Å²) in [6, 6.07) is 3.04. The maximum absolute atomic E-state index is 12.6. The van der Waals surface area contributed by atoms with E-state index in [0.717, 1.165) is 23.6 Å². The number of carbonyl (C=O) groups is 1. The first kappa shape index (κ1) is 18.9. The average molecular weight is 398 g/mol. The molecule has 28 heavy (non-hydrogen) atoms. The number of methoxy groups -OCH3 is 1. The van der Waals surface area contributed by atoms with Crippen LogP contribution in [0.2, 0.25) is 0 Å². The molecule has 0 aliphatic carbocycles. The normalized spacial score (nSPS) is 22.4. The first-order valence-electron chi connectivity index (χ1n) is 9.21. The highest BCUT2D eigenvalue weighted by Crippen LogP contribution is 2.31. The van der Waals surface area contributed by atoms with Gasteiger partial charge in [-0.15, -0.1) is 15.3 Å². The SMILES string of the molecule is COc1ccc2nnc(C3CCN(C4CCN(CC(F)(F)F)C4=O)CC3)n2n1. The third kappa shape index (κ3) is 3.62. The van der Waals surface area contributed by atoms with E-state index >= 15 is 0 Å². The fourth-order valence-corrected chi connectivity index (χ4v) is 4.06. The Kier molecular flexibility index (Phi) is 4.86. The molecule has 2 aliphatic heterocycles. The summed E-state index contributed by atoms with van der Waals surface area (Å²) in [5, 5.41) is 12.8. The van der Waals surface area contributed by atoms with Crippen molar-refractivity contribution in [3.8, 4) is 5.88 Å². The minimum atomic E-state index is -4.36. The van der Waals surface area contributed by atoms with Crippen LogP contribution in [0.4, 0.5) is 13.2 Å². The van der Waals surface area contributed by atoms with E-state index in [1.165, 1.54) is 7.11 Å². The van der Waals surface area contributed by atoms with Crippen LogP contribution in [0.25, 0.3) is 5.65 Å². The van der Waals surface area contributed by atoms with Gasteiger partial charge in [0.25, 0.3) is 0 Å². The van der Waals surface area contributed by atoms with Crippen molar-refractivity contribution in [2.75, 3.05) is 33.3 Å². The molecule has 8 nitrogen and oxygen atoms in total. The van der Waals surface area contributed by atoms with Crippen molar-refractivity contribution in [1.29, 1.82) is 0 Å². The molecule has 0 N–H and O–H groups in total. The minimum Gasteiger partial charge on any atom is -0.480 e. The van der Waals surface area contributed by atoms with Gasteiger partial charge in [-0.2, -0.15) is 17.7 Å². The molecular weight excluding hydrogens is 377 g/mol. The van der Waals surface area contributed by atoms with Crippen molar-refractivity contribution in [2.24, 2.45) is 0 Å². The summed E-state index contributed by atoms with van der Waals surface area (Å²) in [6.45, 7) is 0.235. The number of ether oxygens (including phenoxy) is 1. The molecule has 0 spiro atoms. The molecule has 2 aromatic heterocycles. The number of aromatic nitrogens is 4. The lowest BCUT2D eigenvalue weighted by atomic mass is 9.95. The third-order valence-electron chi connectivity index (χ3n) is 5.45. The van der Waals surface area contributed by atoms with E-state index < -0.39 is 24.7 Å². The molecule has 4 heterocycles. The van der Waals surface area contributed by atoms with Crippen molar-refractivity contribution in [2.45, 2.75) is 37.4 Å². The molecule has 152 valence electrons. The molecule has 1 amide bonds. The van der Waals surface area contributed by atoms with E-state index in [4.69, 9.17) is 4.74 Å². The molecule has 2 aliphatic rings. The molecule has 0 aromatic carbocycles. The van der Waals surface area contributed by atoms with Crippen LogP contribution < -0.4 is 4.74 Å². The Morgan fingerprint density at radius 1 is 1.14 bits per heavy atom. The van der Waals surface area contributed by atoms with Crippen LogP contribution in [-0.2, 0) is 4.79 Å². The largest absolute Gasteiger partial charge is 0.480 e. The van der Waals surface area contributed by atoms with E-state index in [9.17, 15) is 18.0 Å². The van der Waals surface area contributed by atoms with Gasteiger partial charge in [0.2, 0.25) is 11.8 Å². The van der Waals surface area contributed by atoms with E-state index in [1.54, 1.807) is 16.6 Å². The van der Waals surface area contributed by atoms with Gasteiger partial charge in [-0.05, 0) is 38.4 Å². The number of hydrogen-bond acceptors (Lipinski definition) is 6. The van der Waals surface area contributed by atoms with Crippen molar-refractivity contribution in [1.82, 2.24) is 29.6 Å². The number of alkyl halides is 3. The number of likely N-dealkylation sites (tertiary alicyclic amines) is 2. The Morgan fingerprint density at radius 3 is 2.57 bits per heavy atom. The number of nitrogens with zero attached hydrogens (tertiary/aromatic N) is 6. The molecule has 2 fully saturated rings. The van der Waals surface area contributed by atoms with Gasteiger partial charge in [0.05, 0.1) is 13.2 Å². The van der Waals surface area contributed by atoms with Crippen LogP contribution in [-0.4, -0.2) is 81.0 Å². The number of piperidine rings is 1. The van der Waals surface area contributed by atoms with Gasteiger partial charge in [0, 0.05) is 18.5 Å². The quantitative estimate of drug-likeness (QED) is 0.777. The standard InChI is InChI=1S/C17H21F3N6O2/c1-28-14-3-2-13-21-22-15(26(13)23-14)11-4-7-24(8-5-11)12-6-9-25(16(12)27)10-17(18,19)20/h2-3,11-12H,4-10H2,1H3. The molecular formula is C17H21F3N6O2. The fraction of sp³-hybridized carbons (Fsp3) is 0.647. The maximum atomic E-state index is 12.6. The van der Waals surface area contributed by atoms with Gasteiger partial charge in [0.1, 0.15) is 6.54 Å². The summed E-state index contributed by atoms with van der Waals surface area (Å²) >= 11 is 0. The lowest BCUT2D eigenvalue weighted by molar-refractivity contribution is -0.159. The Hall–Kier alpha value is -2.43. The highest BCUT2D eigenvalue weighted by molar-refractivity contribution is 5.84. The molecule has 1 unspecified atom stereocenters. The van der Waals surface area contributed by atoms with E-state index in [2.05, 4.69) is 15.3 Å². The van der Waals surface area contributed by atoms with Crippen molar-refractivity contribution >= 4 is 11.6 Å². The molecule has 2 saturated heterocycles.